The van der Waals surface area contributed by atoms with Gasteiger partial charge in [-0.1, -0.05) is 0 Å². The van der Waals surface area contributed by atoms with E-state index in [0.29, 0.717) is 28.6 Å². The van der Waals surface area contributed by atoms with Crippen LogP contribution in [0.25, 0.3) is 22.6 Å². The summed E-state index contributed by atoms with van der Waals surface area (Å²) in [4.78, 5) is 25.9. The van der Waals surface area contributed by atoms with E-state index in [1.807, 2.05) is 0 Å². The Labute approximate surface area is 170 Å². The highest BCUT2D eigenvalue weighted by atomic mass is 19.4. The van der Waals surface area contributed by atoms with E-state index in [4.69, 9.17) is 4.74 Å². The summed E-state index contributed by atoms with van der Waals surface area (Å²) in [5.41, 5.74) is -0.390. The second-order valence-electron chi connectivity index (χ2n) is 7.34. The first kappa shape index (κ1) is 21.3. The standard InChI is InChI=1S/C20H19F3N4O3/c1-11-13(17-26-9-14(27-17)20(21,22)23)8-25-15(12-5-4-6-24-7-12)16(11)30-10-19(2,3)18(28)29/h4-9H,10H2,1-3H3,(H,26,27)(H,28,29). The maximum absolute atomic E-state index is 12.9. The Bertz CT molecular complexity index is 1060. The summed E-state index contributed by atoms with van der Waals surface area (Å²) in [6.07, 6.45) is 0.683. The van der Waals surface area contributed by atoms with Crippen molar-refractivity contribution >= 4 is 5.97 Å². The number of imidazole rings is 1. The number of aromatic amines is 1. The fraction of sp³-hybridized carbons (Fsp3) is 0.300. The van der Waals surface area contributed by atoms with Crippen LogP contribution in [0, 0.1) is 12.3 Å². The van der Waals surface area contributed by atoms with Gasteiger partial charge < -0.3 is 14.8 Å². The molecule has 0 unspecified atom stereocenters. The Hall–Kier alpha value is -3.43. The molecule has 3 aromatic rings. The van der Waals surface area contributed by atoms with Crippen LogP contribution in [0.2, 0.25) is 0 Å². The summed E-state index contributed by atoms with van der Waals surface area (Å²) in [5, 5.41) is 9.36. The Morgan fingerprint density at radius 3 is 2.50 bits per heavy atom. The summed E-state index contributed by atoms with van der Waals surface area (Å²) in [6, 6.07) is 3.45. The largest absolute Gasteiger partial charge is 0.490 e. The molecule has 0 bridgehead atoms. The Morgan fingerprint density at radius 2 is 1.93 bits per heavy atom. The average molecular weight is 420 g/mol. The smallest absolute Gasteiger partial charge is 0.432 e. The van der Waals surface area contributed by atoms with E-state index in [0.717, 1.165) is 0 Å². The average Bonchev–Trinajstić information content (AvgIpc) is 3.17. The molecule has 0 fully saturated rings. The summed E-state index contributed by atoms with van der Waals surface area (Å²) in [5.74, 6) is -0.819. The van der Waals surface area contributed by atoms with Crippen LogP contribution in [-0.2, 0) is 11.0 Å². The van der Waals surface area contributed by atoms with Gasteiger partial charge in [-0.3, -0.25) is 14.8 Å². The van der Waals surface area contributed by atoms with Gasteiger partial charge in [0.1, 0.15) is 29.6 Å². The van der Waals surface area contributed by atoms with E-state index in [1.54, 1.807) is 31.5 Å². The molecule has 0 spiro atoms. The normalized spacial score (nSPS) is 12.1. The van der Waals surface area contributed by atoms with E-state index >= 15 is 0 Å². The molecular formula is C20H19F3N4O3. The number of carbonyl (C=O) groups is 1. The zero-order valence-electron chi connectivity index (χ0n) is 16.4. The van der Waals surface area contributed by atoms with Crippen molar-refractivity contribution in [2.75, 3.05) is 6.61 Å². The van der Waals surface area contributed by atoms with Gasteiger partial charge in [0.05, 0.1) is 11.6 Å². The van der Waals surface area contributed by atoms with Gasteiger partial charge in [-0.25, -0.2) is 4.98 Å². The number of aromatic nitrogens is 4. The predicted octanol–water partition coefficient (Wildman–Crippen LogP) is 4.35. The minimum absolute atomic E-state index is 0.0209. The van der Waals surface area contributed by atoms with Crippen molar-refractivity contribution in [3.05, 3.63) is 48.2 Å². The lowest BCUT2D eigenvalue weighted by atomic mass is 9.95. The van der Waals surface area contributed by atoms with E-state index in [2.05, 4.69) is 19.9 Å². The van der Waals surface area contributed by atoms with Gasteiger partial charge >= 0.3 is 12.1 Å². The van der Waals surface area contributed by atoms with Crippen LogP contribution < -0.4 is 4.74 Å². The van der Waals surface area contributed by atoms with Crippen LogP contribution in [0.3, 0.4) is 0 Å². The molecule has 30 heavy (non-hydrogen) atoms. The molecule has 3 aromatic heterocycles. The van der Waals surface area contributed by atoms with Gasteiger partial charge in [0, 0.05) is 35.3 Å². The third-order valence-corrected chi connectivity index (χ3v) is 4.51. The molecule has 0 aliphatic heterocycles. The first-order valence-corrected chi connectivity index (χ1v) is 8.89. The highest BCUT2D eigenvalue weighted by Gasteiger charge is 2.34. The monoisotopic (exact) mass is 420 g/mol. The fourth-order valence-electron chi connectivity index (χ4n) is 2.62. The molecule has 0 radical (unpaired) electrons. The number of nitrogens with one attached hydrogen (secondary N) is 1. The minimum Gasteiger partial charge on any atom is -0.490 e. The first-order chi connectivity index (χ1) is 14.0. The molecule has 3 rings (SSSR count). The van der Waals surface area contributed by atoms with Gasteiger partial charge in [0.25, 0.3) is 0 Å². The first-order valence-electron chi connectivity index (χ1n) is 8.89. The molecule has 0 aliphatic rings. The van der Waals surface area contributed by atoms with Gasteiger partial charge in [0.15, 0.2) is 0 Å². The molecule has 7 nitrogen and oxygen atoms in total. The number of nitrogens with zero attached hydrogens (tertiary/aromatic N) is 3. The number of hydrogen-bond acceptors (Lipinski definition) is 5. The van der Waals surface area contributed by atoms with E-state index < -0.39 is 23.3 Å². The zero-order valence-corrected chi connectivity index (χ0v) is 16.4. The highest BCUT2D eigenvalue weighted by Crippen LogP contribution is 2.37. The summed E-state index contributed by atoms with van der Waals surface area (Å²) in [6.45, 7) is 4.49. The van der Waals surface area contributed by atoms with Gasteiger partial charge in [0.2, 0.25) is 0 Å². The third kappa shape index (κ3) is 4.27. The lowest BCUT2D eigenvalue weighted by Crippen LogP contribution is -2.31. The summed E-state index contributed by atoms with van der Waals surface area (Å²) < 4.78 is 44.7. The van der Waals surface area contributed by atoms with Crippen molar-refractivity contribution in [1.29, 1.82) is 0 Å². The third-order valence-electron chi connectivity index (χ3n) is 4.51. The highest BCUT2D eigenvalue weighted by molar-refractivity contribution is 5.75. The topological polar surface area (TPSA) is 101 Å². The van der Waals surface area contributed by atoms with E-state index in [-0.39, 0.29) is 18.2 Å². The molecule has 0 amide bonds. The molecule has 0 saturated carbocycles. The number of halogens is 3. The fourth-order valence-corrected chi connectivity index (χ4v) is 2.62. The molecule has 158 valence electrons. The number of H-pyrrole nitrogens is 1. The minimum atomic E-state index is -4.56. The number of hydrogen-bond donors (Lipinski definition) is 2. The lowest BCUT2D eigenvalue weighted by molar-refractivity contribution is -0.148. The summed E-state index contributed by atoms with van der Waals surface area (Å²) >= 11 is 0. The van der Waals surface area contributed by atoms with Crippen molar-refractivity contribution in [2.45, 2.75) is 26.9 Å². The van der Waals surface area contributed by atoms with Crippen LogP contribution >= 0.6 is 0 Å². The maximum Gasteiger partial charge on any atom is 0.432 e. The van der Waals surface area contributed by atoms with Gasteiger partial charge in [-0.05, 0) is 32.9 Å². The number of carboxylic acid groups (broad SMARTS) is 1. The number of rotatable bonds is 6. The number of carboxylic acids is 1. The molecule has 3 heterocycles. The predicted molar refractivity (Wildman–Crippen MR) is 102 cm³/mol. The number of ether oxygens (including phenoxy) is 1. The Morgan fingerprint density at radius 1 is 1.20 bits per heavy atom. The van der Waals surface area contributed by atoms with Crippen molar-refractivity contribution < 1.29 is 27.8 Å². The van der Waals surface area contributed by atoms with Crippen molar-refractivity contribution in [1.82, 2.24) is 19.9 Å². The second-order valence-corrected chi connectivity index (χ2v) is 7.34. The Balaban J connectivity index is 2.09. The van der Waals surface area contributed by atoms with E-state index in [9.17, 15) is 23.1 Å². The number of alkyl halides is 3. The van der Waals surface area contributed by atoms with Crippen LogP contribution in [0.15, 0.2) is 36.9 Å². The second kappa shape index (κ2) is 7.77. The molecule has 10 heteroatoms. The quantitative estimate of drug-likeness (QED) is 0.615. The van der Waals surface area contributed by atoms with Crippen molar-refractivity contribution in [3.8, 4) is 28.4 Å². The summed E-state index contributed by atoms with van der Waals surface area (Å²) in [7, 11) is 0. The maximum atomic E-state index is 12.9. The van der Waals surface area contributed by atoms with Crippen LogP contribution in [0.5, 0.6) is 5.75 Å². The molecule has 0 saturated heterocycles. The SMILES string of the molecule is Cc1c(-c2ncc(C(F)(F)F)[nH]2)cnc(-c2cccnc2)c1OCC(C)(C)C(=O)O. The molecule has 0 aliphatic carbocycles. The Kier molecular flexibility index (Phi) is 5.51. The number of pyridine rings is 2. The van der Waals surface area contributed by atoms with Gasteiger partial charge in [-0.15, -0.1) is 0 Å². The van der Waals surface area contributed by atoms with Gasteiger partial charge in [-0.2, -0.15) is 13.2 Å². The van der Waals surface area contributed by atoms with Crippen LogP contribution in [0.4, 0.5) is 13.2 Å². The molecule has 0 aromatic carbocycles. The molecule has 0 atom stereocenters. The lowest BCUT2D eigenvalue weighted by Gasteiger charge is -2.22. The molecular weight excluding hydrogens is 401 g/mol. The van der Waals surface area contributed by atoms with Crippen molar-refractivity contribution in [3.63, 3.8) is 0 Å². The van der Waals surface area contributed by atoms with Crippen molar-refractivity contribution in [2.24, 2.45) is 5.41 Å². The van der Waals surface area contributed by atoms with Crippen LogP contribution in [-0.4, -0.2) is 37.6 Å². The van der Waals surface area contributed by atoms with Crippen LogP contribution in [0.1, 0.15) is 25.1 Å². The zero-order chi connectivity index (χ0) is 22.1. The number of aliphatic carboxylic acids is 1. The van der Waals surface area contributed by atoms with E-state index in [1.165, 1.54) is 20.0 Å². The molecule has 2 N–H and O–H groups in total.